The van der Waals surface area contributed by atoms with Crippen molar-refractivity contribution in [2.24, 2.45) is 0 Å². The highest BCUT2D eigenvalue weighted by Gasteiger charge is 2.15. The Bertz CT molecular complexity index is 869. The molecular formula is C11H15N3O4S3. The summed E-state index contributed by atoms with van der Waals surface area (Å²) < 4.78 is 51.8. The van der Waals surface area contributed by atoms with Crippen molar-refractivity contribution in [3.8, 4) is 0 Å². The van der Waals surface area contributed by atoms with E-state index in [9.17, 15) is 16.8 Å². The van der Waals surface area contributed by atoms with E-state index in [4.69, 9.17) is 0 Å². The summed E-state index contributed by atoms with van der Waals surface area (Å²) >= 11 is 1.08. The Balaban J connectivity index is 2.36. The number of thiazole rings is 1. The molecule has 2 rings (SSSR count). The van der Waals surface area contributed by atoms with Crippen LogP contribution < -0.4 is 9.44 Å². The third kappa shape index (κ3) is 4.13. The van der Waals surface area contributed by atoms with Gasteiger partial charge in [0.2, 0.25) is 0 Å². The van der Waals surface area contributed by atoms with Crippen LogP contribution in [0.2, 0.25) is 0 Å². The molecule has 0 saturated heterocycles. The lowest BCUT2D eigenvalue weighted by Gasteiger charge is -2.08. The fourth-order valence-electron chi connectivity index (χ4n) is 1.63. The second kappa shape index (κ2) is 5.52. The SMILES string of the molecule is CC(C)NS(=O)(=O)Nc1nc2ccc(S(C)(=O)=O)cc2s1. The molecule has 1 heterocycles. The van der Waals surface area contributed by atoms with Crippen molar-refractivity contribution in [1.82, 2.24) is 9.71 Å². The molecule has 0 unspecified atom stereocenters. The van der Waals surface area contributed by atoms with Crippen molar-refractivity contribution in [2.75, 3.05) is 11.0 Å². The molecule has 10 heteroatoms. The van der Waals surface area contributed by atoms with Crippen LogP contribution in [0, 0.1) is 0 Å². The van der Waals surface area contributed by atoms with Gasteiger partial charge in [-0.2, -0.15) is 13.1 Å². The maximum Gasteiger partial charge on any atom is 0.301 e. The van der Waals surface area contributed by atoms with E-state index in [0.29, 0.717) is 10.2 Å². The largest absolute Gasteiger partial charge is 0.301 e. The monoisotopic (exact) mass is 349 g/mol. The summed E-state index contributed by atoms with van der Waals surface area (Å²) in [6.07, 6.45) is 1.12. The van der Waals surface area contributed by atoms with Crippen LogP contribution in [0.1, 0.15) is 13.8 Å². The minimum Gasteiger partial charge on any atom is -0.246 e. The third-order valence-electron chi connectivity index (χ3n) is 2.40. The van der Waals surface area contributed by atoms with Crippen LogP contribution in [-0.4, -0.2) is 34.1 Å². The van der Waals surface area contributed by atoms with Gasteiger partial charge in [0, 0.05) is 12.3 Å². The minimum absolute atomic E-state index is 0.174. The summed E-state index contributed by atoms with van der Waals surface area (Å²) in [6, 6.07) is 4.24. The molecular weight excluding hydrogens is 334 g/mol. The Hall–Kier alpha value is -1.23. The van der Waals surface area contributed by atoms with Gasteiger partial charge >= 0.3 is 10.2 Å². The molecule has 0 fully saturated rings. The maximum absolute atomic E-state index is 11.8. The van der Waals surface area contributed by atoms with Crippen LogP contribution >= 0.6 is 11.3 Å². The average Bonchev–Trinajstić information content (AvgIpc) is 2.65. The van der Waals surface area contributed by atoms with Gasteiger partial charge in [0.25, 0.3) is 0 Å². The lowest BCUT2D eigenvalue weighted by molar-refractivity contribution is 0.575. The molecule has 0 aliphatic heterocycles. The van der Waals surface area contributed by atoms with E-state index in [1.165, 1.54) is 12.1 Å². The summed E-state index contributed by atoms with van der Waals surface area (Å²) in [4.78, 5) is 4.30. The molecule has 7 nitrogen and oxygen atoms in total. The molecule has 21 heavy (non-hydrogen) atoms. The number of anilines is 1. The van der Waals surface area contributed by atoms with E-state index >= 15 is 0 Å². The Kier molecular flexibility index (Phi) is 4.24. The van der Waals surface area contributed by atoms with Crippen molar-refractivity contribution >= 4 is 46.7 Å². The number of benzene rings is 1. The van der Waals surface area contributed by atoms with E-state index in [1.807, 2.05) is 0 Å². The summed E-state index contributed by atoms with van der Waals surface area (Å²) in [7, 11) is -7.00. The van der Waals surface area contributed by atoms with E-state index in [-0.39, 0.29) is 16.1 Å². The van der Waals surface area contributed by atoms with Gasteiger partial charge in [0.1, 0.15) is 0 Å². The zero-order chi connectivity index (χ0) is 15.8. The quantitative estimate of drug-likeness (QED) is 0.848. The zero-order valence-corrected chi connectivity index (χ0v) is 14.1. The standard InChI is InChI=1S/C11H15N3O4S3/c1-7(2)13-21(17,18)14-11-12-9-5-4-8(20(3,15)16)6-10(9)19-11/h4-7,13H,1-3H3,(H,12,14). The number of hydrogen-bond acceptors (Lipinski definition) is 6. The van der Waals surface area contributed by atoms with Gasteiger partial charge in [-0.3, -0.25) is 0 Å². The van der Waals surface area contributed by atoms with E-state index in [2.05, 4.69) is 14.4 Å². The molecule has 0 amide bonds. The minimum atomic E-state index is -3.69. The number of hydrogen-bond donors (Lipinski definition) is 2. The molecule has 2 aromatic rings. The van der Waals surface area contributed by atoms with Crippen molar-refractivity contribution in [1.29, 1.82) is 0 Å². The highest BCUT2D eigenvalue weighted by molar-refractivity contribution is 7.91. The lowest BCUT2D eigenvalue weighted by Crippen LogP contribution is -2.35. The van der Waals surface area contributed by atoms with Crippen LogP contribution in [0.15, 0.2) is 23.1 Å². The molecule has 0 bridgehead atoms. The number of nitrogens with zero attached hydrogens (tertiary/aromatic N) is 1. The summed E-state index contributed by atoms with van der Waals surface area (Å²) in [5, 5.41) is 0.184. The van der Waals surface area contributed by atoms with Crippen molar-refractivity contribution < 1.29 is 16.8 Å². The first-order chi connectivity index (χ1) is 9.57. The first-order valence-corrected chi connectivity index (χ1v) is 10.2. The van der Waals surface area contributed by atoms with E-state index in [1.54, 1.807) is 19.9 Å². The maximum atomic E-state index is 11.8. The normalized spacial score (nSPS) is 13.0. The first-order valence-electron chi connectivity index (χ1n) is 5.97. The molecule has 1 aromatic heterocycles. The van der Waals surface area contributed by atoms with E-state index < -0.39 is 20.0 Å². The third-order valence-corrected chi connectivity index (χ3v) is 5.82. The fourth-order valence-corrected chi connectivity index (χ4v) is 4.56. The predicted molar refractivity (Wildman–Crippen MR) is 83.5 cm³/mol. The highest BCUT2D eigenvalue weighted by atomic mass is 32.2. The van der Waals surface area contributed by atoms with Gasteiger partial charge in [-0.25, -0.2) is 18.1 Å². The molecule has 0 saturated carbocycles. The Morgan fingerprint density at radius 2 is 1.86 bits per heavy atom. The number of aromatic nitrogens is 1. The number of rotatable bonds is 5. The van der Waals surface area contributed by atoms with Crippen molar-refractivity contribution in [3.63, 3.8) is 0 Å². The van der Waals surface area contributed by atoms with Gasteiger partial charge in [-0.05, 0) is 32.0 Å². The summed E-state index contributed by atoms with van der Waals surface area (Å²) in [6.45, 7) is 3.41. The lowest BCUT2D eigenvalue weighted by atomic mass is 10.3. The molecule has 0 aliphatic carbocycles. The van der Waals surface area contributed by atoms with Crippen LogP contribution in [0.5, 0.6) is 0 Å². The molecule has 0 spiro atoms. The molecule has 0 aliphatic rings. The van der Waals surface area contributed by atoms with Crippen LogP contribution in [-0.2, 0) is 20.0 Å². The molecule has 2 N–H and O–H groups in total. The topological polar surface area (TPSA) is 105 Å². The van der Waals surface area contributed by atoms with Gasteiger partial charge in [-0.1, -0.05) is 11.3 Å². The van der Waals surface area contributed by atoms with Crippen molar-refractivity contribution in [2.45, 2.75) is 24.8 Å². The zero-order valence-electron chi connectivity index (χ0n) is 11.6. The molecule has 1 aromatic carbocycles. The molecule has 116 valence electrons. The number of fused-ring (bicyclic) bond motifs is 1. The van der Waals surface area contributed by atoms with Crippen LogP contribution in [0.25, 0.3) is 10.2 Å². The fraction of sp³-hybridized carbons (Fsp3) is 0.364. The molecule has 0 radical (unpaired) electrons. The van der Waals surface area contributed by atoms with Gasteiger partial charge < -0.3 is 0 Å². The van der Waals surface area contributed by atoms with Gasteiger partial charge in [0.15, 0.2) is 15.0 Å². The van der Waals surface area contributed by atoms with Crippen LogP contribution in [0.4, 0.5) is 5.13 Å². The molecule has 0 atom stereocenters. The Morgan fingerprint density at radius 3 is 2.43 bits per heavy atom. The van der Waals surface area contributed by atoms with Crippen molar-refractivity contribution in [3.05, 3.63) is 18.2 Å². The van der Waals surface area contributed by atoms with E-state index in [0.717, 1.165) is 17.6 Å². The smallest absolute Gasteiger partial charge is 0.246 e. The second-order valence-corrected chi connectivity index (χ2v) is 9.29. The summed E-state index contributed by atoms with van der Waals surface area (Å²) in [5.41, 5.74) is 0.537. The van der Waals surface area contributed by atoms with Crippen LogP contribution in [0.3, 0.4) is 0 Å². The Morgan fingerprint density at radius 1 is 1.19 bits per heavy atom. The second-order valence-electron chi connectivity index (χ2n) is 4.80. The average molecular weight is 349 g/mol. The number of nitrogens with one attached hydrogen (secondary N) is 2. The predicted octanol–water partition coefficient (Wildman–Crippen LogP) is 1.35. The Labute approximate surface area is 127 Å². The highest BCUT2D eigenvalue weighted by Crippen LogP contribution is 2.28. The number of sulfone groups is 1. The first kappa shape index (κ1) is 16.1. The summed E-state index contributed by atoms with van der Waals surface area (Å²) in [5.74, 6) is 0. The van der Waals surface area contributed by atoms with Gasteiger partial charge in [-0.15, -0.1) is 0 Å². The van der Waals surface area contributed by atoms with Gasteiger partial charge in [0.05, 0.1) is 15.1 Å².